The molecule has 11 heteroatoms. The lowest BCUT2D eigenvalue weighted by Gasteiger charge is -2.26. The highest BCUT2D eigenvalue weighted by atomic mass is 32.2. The lowest BCUT2D eigenvalue weighted by atomic mass is 9.99. The summed E-state index contributed by atoms with van der Waals surface area (Å²) in [4.78, 5) is 4.21. The van der Waals surface area contributed by atoms with Gasteiger partial charge >= 0.3 is 0 Å². The lowest BCUT2D eigenvalue weighted by molar-refractivity contribution is 0.414. The van der Waals surface area contributed by atoms with Crippen molar-refractivity contribution in [1.29, 1.82) is 0 Å². The summed E-state index contributed by atoms with van der Waals surface area (Å²) in [5.41, 5.74) is 12.6. The van der Waals surface area contributed by atoms with Gasteiger partial charge in [-0.15, -0.1) is 0 Å². The third-order valence-corrected chi connectivity index (χ3v) is 13.3. The van der Waals surface area contributed by atoms with Crippen molar-refractivity contribution in [3.05, 3.63) is 206 Å². The smallest absolute Gasteiger partial charge is 0.294 e. The standard InChI is InChI=1S/C58H47N3O7S/c1-65-50-25-15-45(16-26-50)59(46-17-27-51(66-2)28-18-46)43-11-5-39(6-12-43)41-9-35-57-55(37-41)56-38-42(10-36-58(56)61(57)49-23-33-54(34-24-49)69(62,63)64)40-7-13-44(14-8-40)60(47-19-29-52(67-3)30-20-47)48-21-31-53(68-4)32-22-48/h5-38H,1-4H3,(H,62,63,64). The summed E-state index contributed by atoms with van der Waals surface area (Å²) in [7, 11) is 2.27. The number of rotatable bonds is 14. The molecule has 1 aromatic heterocycles. The molecule has 10 rings (SSSR count). The number of fused-ring (bicyclic) bond motifs is 3. The van der Waals surface area contributed by atoms with Gasteiger partial charge in [0, 0.05) is 50.6 Å². The Morgan fingerprint density at radius 3 is 0.913 bits per heavy atom. The maximum absolute atomic E-state index is 12.0. The molecule has 0 unspecified atom stereocenters. The van der Waals surface area contributed by atoms with Gasteiger partial charge in [0.15, 0.2) is 0 Å². The van der Waals surface area contributed by atoms with Crippen LogP contribution in [0, 0.1) is 0 Å². The average Bonchev–Trinajstić information content (AvgIpc) is 3.73. The van der Waals surface area contributed by atoms with Gasteiger partial charge in [0.2, 0.25) is 0 Å². The minimum absolute atomic E-state index is 0.168. The zero-order chi connectivity index (χ0) is 47.6. The SMILES string of the molecule is COc1ccc(N(c2ccc(OC)cc2)c2ccc(-c3ccc4c(c3)c3cc(-c5ccc(N(c6ccc(OC)cc6)c6ccc(OC)cc6)cc5)ccc3n4-c3ccc(S(=O)(=O)O)cc3)cc2)cc1. The Balaban J connectivity index is 1.05. The Morgan fingerprint density at radius 1 is 0.362 bits per heavy atom. The van der Waals surface area contributed by atoms with Crippen molar-refractivity contribution >= 4 is 66.0 Å². The summed E-state index contributed by atoms with van der Waals surface area (Å²) in [6.07, 6.45) is 0. The first kappa shape index (κ1) is 44.3. The van der Waals surface area contributed by atoms with E-state index < -0.39 is 10.1 Å². The van der Waals surface area contributed by atoms with Crippen molar-refractivity contribution in [2.24, 2.45) is 0 Å². The van der Waals surface area contributed by atoms with Gasteiger partial charge in [-0.1, -0.05) is 36.4 Å². The summed E-state index contributed by atoms with van der Waals surface area (Å²) in [5.74, 6) is 3.11. The highest BCUT2D eigenvalue weighted by Gasteiger charge is 2.19. The molecule has 0 bridgehead atoms. The predicted octanol–water partition coefficient (Wildman–Crippen LogP) is 14.3. The molecule has 0 amide bonds. The van der Waals surface area contributed by atoms with Crippen molar-refractivity contribution in [3.8, 4) is 50.9 Å². The molecule has 69 heavy (non-hydrogen) atoms. The van der Waals surface area contributed by atoms with Gasteiger partial charge in [-0.3, -0.25) is 4.55 Å². The first-order valence-electron chi connectivity index (χ1n) is 22.2. The maximum Gasteiger partial charge on any atom is 0.294 e. The molecule has 0 radical (unpaired) electrons. The van der Waals surface area contributed by atoms with E-state index in [0.717, 1.165) is 107 Å². The number of methoxy groups -OCH3 is 4. The van der Waals surface area contributed by atoms with Crippen molar-refractivity contribution in [1.82, 2.24) is 4.57 Å². The largest absolute Gasteiger partial charge is 0.497 e. The zero-order valence-corrected chi connectivity index (χ0v) is 39.1. The van der Waals surface area contributed by atoms with Crippen LogP contribution >= 0.6 is 0 Å². The molecule has 0 fully saturated rings. The molecule has 0 atom stereocenters. The van der Waals surface area contributed by atoms with Crippen LogP contribution in [0.25, 0.3) is 49.7 Å². The third kappa shape index (κ3) is 8.80. The second-order valence-corrected chi connectivity index (χ2v) is 17.7. The van der Waals surface area contributed by atoms with Crippen LogP contribution in [-0.4, -0.2) is 46.0 Å². The lowest BCUT2D eigenvalue weighted by Crippen LogP contribution is -2.09. The van der Waals surface area contributed by atoms with Crippen molar-refractivity contribution in [2.45, 2.75) is 4.90 Å². The van der Waals surface area contributed by atoms with E-state index in [1.165, 1.54) is 12.1 Å². The summed E-state index contributed by atoms with van der Waals surface area (Å²) >= 11 is 0. The predicted molar refractivity (Wildman–Crippen MR) is 277 cm³/mol. The molecule has 0 aliphatic carbocycles. The van der Waals surface area contributed by atoms with Gasteiger partial charge in [0.1, 0.15) is 23.0 Å². The summed E-state index contributed by atoms with van der Waals surface area (Å²) in [5, 5.41) is 2.04. The van der Waals surface area contributed by atoms with Gasteiger partial charge in [-0.2, -0.15) is 8.42 Å². The average molecular weight is 930 g/mol. The Bertz CT molecular complexity index is 3230. The van der Waals surface area contributed by atoms with E-state index in [1.807, 2.05) is 97.1 Å². The molecule has 0 spiro atoms. The monoisotopic (exact) mass is 929 g/mol. The van der Waals surface area contributed by atoms with Crippen LogP contribution in [0.4, 0.5) is 34.1 Å². The fraction of sp³-hybridized carbons (Fsp3) is 0.0690. The normalized spacial score (nSPS) is 11.4. The molecule has 342 valence electrons. The number of benzene rings is 9. The molecule has 0 aliphatic rings. The molecular formula is C58H47N3O7S. The summed E-state index contributed by atoms with van der Waals surface area (Å²) in [6, 6.07) is 68.2. The molecule has 10 aromatic rings. The first-order chi connectivity index (χ1) is 33.6. The second kappa shape index (κ2) is 18.6. The van der Waals surface area contributed by atoms with Crippen molar-refractivity contribution in [3.63, 3.8) is 0 Å². The minimum atomic E-state index is -4.37. The van der Waals surface area contributed by atoms with Gasteiger partial charge in [0.25, 0.3) is 10.1 Å². The fourth-order valence-electron chi connectivity index (χ4n) is 8.85. The number of hydrogen-bond acceptors (Lipinski definition) is 8. The fourth-order valence-corrected chi connectivity index (χ4v) is 9.33. The summed E-state index contributed by atoms with van der Waals surface area (Å²) in [6.45, 7) is 0. The Hall–Kier alpha value is -8.51. The van der Waals surface area contributed by atoms with Crippen molar-refractivity contribution < 1.29 is 31.9 Å². The van der Waals surface area contributed by atoms with E-state index in [-0.39, 0.29) is 4.90 Å². The molecule has 1 heterocycles. The van der Waals surface area contributed by atoms with E-state index in [4.69, 9.17) is 18.9 Å². The van der Waals surface area contributed by atoms with E-state index in [1.54, 1.807) is 40.6 Å². The third-order valence-electron chi connectivity index (χ3n) is 12.4. The number of anilines is 6. The molecule has 0 saturated carbocycles. The van der Waals surface area contributed by atoms with E-state index >= 15 is 0 Å². The molecule has 0 saturated heterocycles. The van der Waals surface area contributed by atoms with Crippen LogP contribution in [0.3, 0.4) is 0 Å². The summed E-state index contributed by atoms with van der Waals surface area (Å²) < 4.78 is 57.8. The molecule has 10 nitrogen and oxygen atoms in total. The minimum Gasteiger partial charge on any atom is -0.497 e. The zero-order valence-electron chi connectivity index (χ0n) is 38.3. The van der Waals surface area contributed by atoms with Crippen LogP contribution in [0.15, 0.2) is 211 Å². The van der Waals surface area contributed by atoms with E-state index in [9.17, 15) is 13.0 Å². The van der Waals surface area contributed by atoms with Crippen LogP contribution < -0.4 is 28.7 Å². The number of ether oxygens (including phenoxy) is 4. The van der Waals surface area contributed by atoms with E-state index in [2.05, 4.69) is 99.3 Å². The van der Waals surface area contributed by atoms with Gasteiger partial charge in [-0.05, 0) is 192 Å². The molecule has 1 N–H and O–H groups in total. The maximum atomic E-state index is 12.0. The van der Waals surface area contributed by atoms with Crippen LogP contribution in [0.2, 0.25) is 0 Å². The van der Waals surface area contributed by atoms with Gasteiger partial charge in [0.05, 0.1) is 44.4 Å². The Morgan fingerprint density at radius 2 is 0.638 bits per heavy atom. The topological polar surface area (TPSA) is 103 Å². The van der Waals surface area contributed by atoms with Crippen LogP contribution in [0.1, 0.15) is 0 Å². The van der Waals surface area contributed by atoms with Gasteiger partial charge < -0.3 is 33.3 Å². The van der Waals surface area contributed by atoms with Crippen molar-refractivity contribution in [2.75, 3.05) is 38.2 Å². The Labute approximate surface area is 401 Å². The quantitative estimate of drug-likeness (QED) is 0.107. The van der Waals surface area contributed by atoms with Crippen LogP contribution in [-0.2, 0) is 10.1 Å². The second-order valence-electron chi connectivity index (χ2n) is 16.3. The number of aromatic nitrogens is 1. The molecule has 9 aromatic carbocycles. The Kier molecular flexibility index (Phi) is 12.0. The first-order valence-corrected chi connectivity index (χ1v) is 23.6. The highest BCUT2D eigenvalue weighted by molar-refractivity contribution is 7.85. The number of nitrogens with zero attached hydrogens (tertiary/aromatic N) is 3. The van der Waals surface area contributed by atoms with Crippen LogP contribution in [0.5, 0.6) is 23.0 Å². The molecular weight excluding hydrogens is 883 g/mol. The van der Waals surface area contributed by atoms with Gasteiger partial charge in [-0.25, -0.2) is 0 Å². The number of hydrogen-bond donors (Lipinski definition) is 1. The molecule has 0 aliphatic heterocycles. The highest BCUT2D eigenvalue weighted by Crippen LogP contribution is 2.42. The van der Waals surface area contributed by atoms with E-state index in [0.29, 0.717) is 0 Å².